The van der Waals surface area contributed by atoms with Crippen LogP contribution in [0.15, 0.2) is 71.6 Å². The summed E-state index contributed by atoms with van der Waals surface area (Å²) in [6, 6.07) is 14.5. The zero-order valence-electron chi connectivity index (χ0n) is 17.5. The molecule has 33 heavy (non-hydrogen) atoms. The van der Waals surface area contributed by atoms with Crippen molar-refractivity contribution in [2.45, 2.75) is 24.3 Å². The molecular formula is C23H21ClF2N2O4S. The van der Waals surface area contributed by atoms with Gasteiger partial charge in [-0.1, -0.05) is 41.9 Å². The van der Waals surface area contributed by atoms with Crippen molar-refractivity contribution in [2.75, 3.05) is 11.9 Å². The highest BCUT2D eigenvalue weighted by Gasteiger charge is 2.29. The summed E-state index contributed by atoms with van der Waals surface area (Å²) in [5, 5.41) is 2.60. The molecule has 0 aliphatic heterocycles. The monoisotopic (exact) mass is 494 g/mol. The molecule has 1 atom stereocenters. The molecule has 0 spiro atoms. The van der Waals surface area contributed by atoms with Crippen LogP contribution in [0, 0.1) is 11.6 Å². The maximum absolute atomic E-state index is 13.6. The van der Waals surface area contributed by atoms with Crippen molar-refractivity contribution in [1.29, 1.82) is 0 Å². The van der Waals surface area contributed by atoms with Gasteiger partial charge < -0.3 is 10.1 Å². The summed E-state index contributed by atoms with van der Waals surface area (Å²) in [5.41, 5.74) is 0.663. The Morgan fingerprint density at radius 1 is 1.03 bits per heavy atom. The molecule has 0 bridgehead atoms. The Bertz CT molecular complexity index is 1240. The van der Waals surface area contributed by atoms with E-state index in [2.05, 4.69) is 10.0 Å². The van der Waals surface area contributed by atoms with Crippen molar-refractivity contribution in [1.82, 2.24) is 4.72 Å². The van der Waals surface area contributed by atoms with Gasteiger partial charge in [-0.25, -0.2) is 17.2 Å². The van der Waals surface area contributed by atoms with E-state index >= 15 is 0 Å². The Balaban J connectivity index is 1.93. The number of hydrogen-bond donors (Lipinski definition) is 2. The molecule has 0 fully saturated rings. The van der Waals surface area contributed by atoms with E-state index in [-0.39, 0.29) is 34.4 Å². The first-order valence-electron chi connectivity index (χ1n) is 9.94. The van der Waals surface area contributed by atoms with Crippen LogP contribution in [0.2, 0.25) is 5.02 Å². The summed E-state index contributed by atoms with van der Waals surface area (Å²) in [5.74, 6) is -2.89. The maximum Gasteiger partial charge on any atom is 0.245 e. The summed E-state index contributed by atoms with van der Waals surface area (Å²) in [4.78, 5) is 12.8. The summed E-state index contributed by atoms with van der Waals surface area (Å²) in [7, 11) is -4.26. The van der Waals surface area contributed by atoms with Gasteiger partial charge in [0.15, 0.2) is 11.6 Å². The third kappa shape index (κ3) is 6.50. The van der Waals surface area contributed by atoms with Gasteiger partial charge in [-0.3, -0.25) is 4.79 Å². The zero-order chi connectivity index (χ0) is 24.0. The minimum atomic E-state index is -4.26. The molecule has 6 nitrogen and oxygen atoms in total. The second kappa shape index (κ2) is 10.7. The molecule has 0 radical (unpaired) electrons. The van der Waals surface area contributed by atoms with Gasteiger partial charge in [-0.05, 0) is 49.2 Å². The van der Waals surface area contributed by atoms with Crippen LogP contribution < -0.4 is 14.8 Å². The van der Waals surface area contributed by atoms with Gasteiger partial charge >= 0.3 is 0 Å². The number of amides is 1. The Kier molecular flexibility index (Phi) is 8.01. The summed E-state index contributed by atoms with van der Waals surface area (Å²) >= 11 is 5.99. The number of carbonyl (C=O) groups is 1. The fraction of sp³-hybridized carbons (Fsp3) is 0.174. The van der Waals surface area contributed by atoms with Gasteiger partial charge in [0.1, 0.15) is 16.7 Å². The van der Waals surface area contributed by atoms with Gasteiger partial charge in [0, 0.05) is 16.8 Å². The number of nitrogens with one attached hydrogen (secondary N) is 2. The maximum atomic E-state index is 13.6. The lowest BCUT2D eigenvalue weighted by molar-refractivity contribution is -0.117. The second-order valence-corrected chi connectivity index (χ2v) is 9.12. The lowest BCUT2D eigenvalue weighted by Crippen LogP contribution is -2.45. The van der Waals surface area contributed by atoms with Crippen LogP contribution in [0.3, 0.4) is 0 Å². The van der Waals surface area contributed by atoms with Crippen LogP contribution >= 0.6 is 11.6 Å². The number of anilines is 1. The van der Waals surface area contributed by atoms with E-state index in [9.17, 15) is 22.0 Å². The number of carbonyl (C=O) groups excluding carboxylic acids is 1. The molecule has 0 aromatic heterocycles. The van der Waals surface area contributed by atoms with E-state index in [4.69, 9.17) is 16.3 Å². The highest BCUT2D eigenvalue weighted by Crippen LogP contribution is 2.28. The molecule has 0 heterocycles. The van der Waals surface area contributed by atoms with Crippen LogP contribution in [0.25, 0.3) is 0 Å². The van der Waals surface area contributed by atoms with E-state index in [0.717, 1.165) is 12.1 Å². The van der Waals surface area contributed by atoms with Gasteiger partial charge in [0.05, 0.1) is 6.61 Å². The van der Waals surface area contributed by atoms with E-state index in [1.54, 1.807) is 37.3 Å². The number of rotatable bonds is 9. The highest BCUT2D eigenvalue weighted by atomic mass is 35.5. The molecule has 10 heteroatoms. The average Bonchev–Trinajstić information content (AvgIpc) is 2.77. The molecule has 1 unspecified atom stereocenters. The highest BCUT2D eigenvalue weighted by molar-refractivity contribution is 7.89. The van der Waals surface area contributed by atoms with Gasteiger partial charge in [0.25, 0.3) is 0 Å². The molecule has 0 saturated heterocycles. The summed E-state index contributed by atoms with van der Waals surface area (Å²) in [6.45, 7) is 1.92. The Hall–Kier alpha value is -3.01. The summed E-state index contributed by atoms with van der Waals surface area (Å²) < 4.78 is 61.0. The quantitative estimate of drug-likeness (QED) is 0.457. The normalized spacial score (nSPS) is 12.2. The molecule has 174 valence electrons. The van der Waals surface area contributed by atoms with Crippen LogP contribution in [-0.2, 0) is 21.2 Å². The smallest absolute Gasteiger partial charge is 0.245 e. The molecule has 1 amide bonds. The van der Waals surface area contributed by atoms with Crippen molar-refractivity contribution >= 4 is 33.2 Å². The van der Waals surface area contributed by atoms with E-state index in [1.807, 2.05) is 0 Å². The molecule has 3 rings (SSSR count). The number of halogens is 3. The van der Waals surface area contributed by atoms with E-state index < -0.39 is 33.6 Å². The Morgan fingerprint density at radius 2 is 1.76 bits per heavy atom. The number of hydrogen-bond acceptors (Lipinski definition) is 4. The third-order valence-electron chi connectivity index (χ3n) is 4.58. The molecular weight excluding hydrogens is 474 g/mol. The Labute approximate surface area is 195 Å². The molecule has 0 saturated carbocycles. The van der Waals surface area contributed by atoms with Crippen LogP contribution in [0.4, 0.5) is 14.5 Å². The lowest BCUT2D eigenvalue weighted by atomic mass is 10.1. The predicted molar refractivity (Wildman–Crippen MR) is 122 cm³/mol. The number of sulfonamides is 1. The van der Waals surface area contributed by atoms with Crippen LogP contribution in [0.5, 0.6) is 5.75 Å². The van der Waals surface area contributed by atoms with Crippen molar-refractivity contribution in [3.63, 3.8) is 0 Å². The number of ether oxygens (including phenoxy) is 1. The first kappa shape index (κ1) is 24.6. The van der Waals surface area contributed by atoms with Crippen molar-refractivity contribution in [3.05, 3.63) is 89.0 Å². The topological polar surface area (TPSA) is 84.5 Å². The van der Waals surface area contributed by atoms with E-state index in [1.165, 1.54) is 24.3 Å². The zero-order valence-corrected chi connectivity index (χ0v) is 19.1. The fourth-order valence-corrected chi connectivity index (χ4v) is 4.66. The second-order valence-electron chi connectivity index (χ2n) is 7.01. The fourth-order valence-electron chi connectivity index (χ4n) is 3.06. The molecule has 3 aromatic rings. The van der Waals surface area contributed by atoms with Gasteiger partial charge in [-0.2, -0.15) is 4.72 Å². The number of benzene rings is 3. The molecule has 0 aliphatic carbocycles. The largest absolute Gasteiger partial charge is 0.492 e. The van der Waals surface area contributed by atoms with E-state index in [0.29, 0.717) is 5.56 Å². The van der Waals surface area contributed by atoms with Crippen LogP contribution in [0.1, 0.15) is 12.5 Å². The minimum Gasteiger partial charge on any atom is -0.492 e. The van der Waals surface area contributed by atoms with Gasteiger partial charge in [-0.15, -0.1) is 0 Å². The van der Waals surface area contributed by atoms with Crippen molar-refractivity contribution < 1.29 is 26.7 Å². The third-order valence-corrected chi connectivity index (χ3v) is 6.31. The average molecular weight is 495 g/mol. The Morgan fingerprint density at radius 3 is 2.42 bits per heavy atom. The minimum absolute atomic E-state index is 0.000113. The van der Waals surface area contributed by atoms with Gasteiger partial charge in [0.2, 0.25) is 15.9 Å². The van der Waals surface area contributed by atoms with Crippen LogP contribution in [-0.4, -0.2) is 27.0 Å². The SMILES string of the molecule is CCOc1ccc(Cl)cc1S(=O)(=O)NC(Cc1ccccc1)C(=O)Nc1ccc(F)c(F)c1. The first-order valence-corrected chi connectivity index (χ1v) is 11.8. The molecule has 2 N–H and O–H groups in total. The van der Waals surface area contributed by atoms with Crippen molar-refractivity contribution in [2.24, 2.45) is 0 Å². The predicted octanol–water partition coefficient (Wildman–Crippen LogP) is 4.55. The standard InChI is InChI=1S/C23H21ClF2N2O4S/c1-2-32-21-11-8-16(24)13-22(21)33(30,31)28-20(12-15-6-4-3-5-7-15)23(29)27-17-9-10-18(25)19(26)14-17/h3-11,13-14,20,28H,2,12H2,1H3,(H,27,29). The lowest BCUT2D eigenvalue weighted by Gasteiger charge is -2.20. The molecule has 3 aromatic carbocycles. The summed E-state index contributed by atoms with van der Waals surface area (Å²) in [6.07, 6.45) is 0.000113. The van der Waals surface area contributed by atoms with Crippen molar-refractivity contribution in [3.8, 4) is 5.75 Å². The first-order chi connectivity index (χ1) is 15.7. The molecule has 0 aliphatic rings.